The van der Waals surface area contributed by atoms with E-state index >= 15 is 0 Å². The molecule has 11 heteroatoms. The molecule has 30 heavy (non-hydrogen) atoms. The summed E-state index contributed by atoms with van der Waals surface area (Å²) in [6.07, 6.45) is -3.18. The van der Waals surface area contributed by atoms with Crippen molar-refractivity contribution < 1.29 is 22.4 Å². The van der Waals surface area contributed by atoms with Crippen LogP contribution in [0.15, 0.2) is 41.9 Å². The summed E-state index contributed by atoms with van der Waals surface area (Å²) in [6.45, 7) is 3.43. The maximum absolute atomic E-state index is 14.4. The van der Waals surface area contributed by atoms with Crippen LogP contribution in [0.4, 0.5) is 23.5 Å². The van der Waals surface area contributed by atoms with E-state index in [9.17, 15) is 22.4 Å². The van der Waals surface area contributed by atoms with Gasteiger partial charge in [0.15, 0.2) is 0 Å². The number of aryl methyl sites for hydroxylation is 1. The monoisotopic (exact) mass is 424 g/mol. The standard InChI is InChI=1S/C19H20F4N6O/c1-10-6-8-26-18(27-10)29(25)14-7-9-28(11(2)16(14)24)17(30)12-4-3-5-13(15(12)20)19(21,22)23/h3-6,8,11H,7,9,24-25H2,1-2H3. The second-order valence-electron chi connectivity index (χ2n) is 6.86. The van der Waals surface area contributed by atoms with Crippen LogP contribution >= 0.6 is 0 Å². The number of halogens is 4. The lowest BCUT2D eigenvalue weighted by molar-refractivity contribution is -0.140. The number of nitrogens with two attached hydrogens (primary N) is 2. The minimum Gasteiger partial charge on any atom is -0.399 e. The highest BCUT2D eigenvalue weighted by molar-refractivity contribution is 5.95. The number of anilines is 1. The van der Waals surface area contributed by atoms with Gasteiger partial charge in [-0.15, -0.1) is 0 Å². The summed E-state index contributed by atoms with van der Waals surface area (Å²) in [6, 6.07) is 3.57. The molecule has 2 aromatic rings. The van der Waals surface area contributed by atoms with Crippen molar-refractivity contribution >= 4 is 11.9 Å². The van der Waals surface area contributed by atoms with Crippen LogP contribution in [0, 0.1) is 12.7 Å². The molecule has 0 aliphatic carbocycles. The first-order chi connectivity index (χ1) is 14.0. The van der Waals surface area contributed by atoms with Crippen LogP contribution in [0.25, 0.3) is 0 Å². The van der Waals surface area contributed by atoms with E-state index in [2.05, 4.69) is 9.97 Å². The van der Waals surface area contributed by atoms with Crippen LogP contribution in [-0.4, -0.2) is 33.4 Å². The van der Waals surface area contributed by atoms with Crippen LogP contribution in [0.2, 0.25) is 0 Å². The normalized spacial score (nSPS) is 17.3. The minimum absolute atomic E-state index is 0.0746. The number of rotatable bonds is 3. The topological polar surface area (TPSA) is 101 Å². The van der Waals surface area contributed by atoms with E-state index < -0.39 is 35.1 Å². The Hall–Kier alpha value is -3.21. The number of amides is 1. The number of carbonyl (C=O) groups is 1. The molecule has 0 radical (unpaired) electrons. The summed E-state index contributed by atoms with van der Waals surface area (Å²) in [5, 5.41) is 1.21. The molecule has 0 fully saturated rings. The smallest absolute Gasteiger partial charge is 0.399 e. The second-order valence-corrected chi connectivity index (χ2v) is 6.86. The lowest BCUT2D eigenvalue weighted by Crippen LogP contribution is -2.49. The van der Waals surface area contributed by atoms with Crippen LogP contribution in [-0.2, 0) is 6.18 Å². The Balaban J connectivity index is 1.90. The number of benzene rings is 1. The predicted molar refractivity (Wildman–Crippen MR) is 101 cm³/mol. The van der Waals surface area contributed by atoms with Crippen molar-refractivity contribution in [1.29, 1.82) is 0 Å². The average molecular weight is 424 g/mol. The molecule has 1 atom stereocenters. The first-order valence-corrected chi connectivity index (χ1v) is 9.02. The fourth-order valence-corrected chi connectivity index (χ4v) is 3.25. The average Bonchev–Trinajstić information content (AvgIpc) is 2.68. The van der Waals surface area contributed by atoms with Crippen LogP contribution in [0.5, 0.6) is 0 Å². The first kappa shape index (κ1) is 21.5. The highest BCUT2D eigenvalue weighted by atomic mass is 19.4. The number of aromatic nitrogens is 2. The van der Waals surface area contributed by atoms with Gasteiger partial charge in [-0.25, -0.2) is 25.2 Å². The Bertz CT molecular complexity index is 1010. The van der Waals surface area contributed by atoms with Gasteiger partial charge in [0.1, 0.15) is 5.82 Å². The van der Waals surface area contributed by atoms with Gasteiger partial charge in [-0.3, -0.25) is 4.79 Å². The molecule has 3 rings (SSSR count). The molecule has 4 N–H and O–H groups in total. The summed E-state index contributed by atoms with van der Waals surface area (Å²) in [5.74, 6) is 3.82. The van der Waals surface area contributed by atoms with E-state index in [0.717, 1.165) is 12.1 Å². The molecule has 2 heterocycles. The third-order valence-electron chi connectivity index (χ3n) is 4.92. The van der Waals surface area contributed by atoms with Crippen molar-refractivity contribution in [2.75, 3.05) is 11.6 Å². The van der Waals surface area contributed by atoms with E-state index in [1.54, 1.807) is 19.9 Å². The minimum atomic E-state index is -4.91. The van der Waals surface area contributed by atoms with Crippen molar-refractivity contribution in [2.45, 2.75) is 32.5 Å². The van der Waals surface area contributed by atoms with E-state index in [1.807, 2.05) is 0 Å². The Kier molecular flexibility index (Phi) is 5.66. The van der Waals surface area contributed by atoms with Crippen LogP contribution in [0.3, 0.4) is 0 Å². The van der Waals surface area contributed by atoms with Gasteiger partial charge in [-0.05, 0) is 32.0 Å². The predicted octanol–water partition coefficient (Wildman–Crippen LogP) is 2.73. The number of hydrogen-bond acceptors (Lipinski definition) is 6. The van der Waals surface area contributed by atoms with E-state index in [0.29, 0.717) is 17.5 Å². The SMILES string of the molecule is Cc1ccnc(N(N)C2=C(N)C(C)N(C(=O)c3cccc(C(F)(F)F)c3F)CC2)n1. The number of nitrogens with zero attached hydrogens (tertiary/aromatic N) is 4. The van der Waals surface area contributed by atoms with E-state index in [1.165, 1.54) is 16.1 Å². The third kappa shape index (κ3) is 3.92. The number of alkyl halides is 3. The first-order valence-electron chi connectivity index (χ1n) is 9.02. The van der Waals surface area contributed by atoms with Crippen molar-refractivity contribution in [1.82, 2.24) is 14.9 Å². The molecule has 1 unspecified atom stereocenters. The summed E-state index contributed by atoms with van der Waals surface area (Å²) in [4.78, 5) is 22.3. The van der Waals surface area contributed by atoms with Crippen molar-refractivity contribution in [2.24, 2.45) is 11.6 Å². The molecule has 1 aliphatic heterocycles. The second kappa shape index (κ2) is 7.90. The molecule has 1 amide bonds. The van der Waals surface area contributed by atoms with Crippen LogP contribution < -0.4 is 16.6 Å². The van der Waals surface area contributed by atoms with Crippen molar-refractivity contribution in [3.8, 4) is 0 Å². The lowest BCUT2D eigenvalue weighted by atomic mass is 10.0. The molecular formula is C19H20F4N6O. The molecule has 0 saturated heterocycles. The Labute approximate surface area is 170 Å². The fourth-order valence-electron chi connectivity index (χ4n) is 3.25. The van der Waals surface area contributed by atoms with Gasteiger partial charge in [0, 0.05) is 24.9 Å². The molecule has 0 bridgehead atoms. The number of hydrogen-bond donors (Lipinski definition) is 2. The van der Waals surface area contributed by atoms with Crippen LogP contribution in [0.1, 0.15) is 35.0 Å². The third-order valence-corrected chi connectivity index (χ3v) is 4.92. The van der Waals surface area contributed by atoms with Crippen molar-refractivity contribution in [3.05, 3.63) is 64.5 Å². The maximum atomic E-state index is 14.4. The summed E-state index contributed by atoms with van der Waals surface area (Å²) >= 11 is 0. The Morgan fingerprint density at radius 3 is 2.63 bits per heavy atom. The van der Waals surface area contributed by atoms with Gasteiger partial charge in [-0.1, -0.05) is 6.07 Å². The molecule has 0 saturated carbocycles. The zero-order chi connectivity index (χ0) is 22.2. The zero-order valence-electron chi connectivity index (χ0n) is 16.2. The molecular weight excluding hydrogens is 404 g/mol. The number of carbonyl (C=O) groups excluding carboxylic acids is 1. The van der Waals surface area contributed by atoms with Gasteiger partial charge in [0.25, 0.3) is 5.91 Å². The zero-order valence-corrected chi connectivity index (χ0v) is 16.2. The lowest BCUT2D eigenvalue weighted by Gasteiger charge is -2.37. The largest absolute Gasteiger partial charge is 0.419 e. The maximum Gasteiger partial charge on any atom is 0.419 e. The summed E-state index contributed by atoms with van der Waals surface area (Å²) in [5.41, 5.74) is 5.40. The molecule has 1 aromatic heterocycles. The van der Waals surface area contributed by atoms with Crippen molar-refractivity contribution in [3.63, 3.8) is 0 Å². The quantitative estimate of drug-likeness (QED) is 0.446. The Morgan fingerprint density at radius 2 is 2.00 bits per heavy atom. The van der Waals surface area contributed by atoms with Gasteiger partial charge in [0.2, 0.25) is 5.95 Å². The molecule has 160 valence electrons. The van der Waals surface area contributed by atoms with Gasteiger partial charge < -0.3 is 10.6 Å². The van der Waals surface area contributed by atoms with E-state index in [-0.39, 0.29) is 24.6 Å². The Morgan fingerprint density at radius 1 is 1.30 bits per heavy atom. The van der Waals surface area contributed by atoms with Gasteiger partial charge in [0.05, 0.1) is 28.6 Å². The highest BCUT2D eigenvalue weighted by Gasteiger charge is 2.38. The van der Waals surface area contributed by atoms with Gasteiger partial charge in [-0.2, -0.15) is 13.2 Å². The number of hydrazine groups is 1. The molecule has 1 aromatic carbocycles. The summed E-state index contributed by atoms with van der Waals surface area (Å²) in [7, 11) is 0. The fraction of sp³-hybridized carbons (Fsp3) is 0.316. The molecule has 0 spiro atoms. The van der Waals surface area contributed by atoms with E-state index in [4.69, 9.17) is 11.6 Å². The highest BCUT2D eigenvalue weighted by Crippen LogP contribution is 2.33. The van der Waals surface area contributed by atoms with Gasteiger partial charge >= 0.3 is 6.18 Å². The molecule has 7 nitrogen and oxygen atoms in total. The summed E-state index contributed by atoms with van der Waals surface area (Å²) < 4.78 is 53.3. The molecule has 1 aliphatic rings.